The van der Waals surface area contributed by atoms with Gasteiger partial charge in [-0.15, -0.1) is 0 Å². The molecule has 1 fully saturated rings. The fraction of sp³-hybridized carbons (Fsp3) is 0.500. The SMILES string of the molecule is COc1cccc(NC(N)=NCC2(O)CCCC2)c1. The molecule has 0 radical (unpaired) electrons. The molecule has 2 rings (SSSR count). The van der Waals surface area contributed by atoms with Crippen molar-refractivity contribution in [2.45, 2.75) is 31.3 Å². The number of ether oxygens (including phenoxy) is 1. The van der Waals surface area contributed by atoms with E-state index in [1.165, 1.54) is 0 Å². The van der Waals surface area contributed by atoms with E-state index in [0.717, 1.165) is 37.1 Å². The minimum Gasteiger partial charge on any atom is -0.497 e. The van der Waals surface area contributed by atoms with Gasteiger partial charge in [-0.2, -0.15) is 0 Å². The second-order valence-electron chi connectivity index (χ2n) is 4.99. The Morgan fingerprint density at radius 1 is 1.47 bits per heavy atom. The van der Waals surface area contributed by atoms with E-state index < -0.39 is 5.60 Å². The maximum Gasteiger partial charge on any atom is 0.193 e. The van der Waals surface area contributed by atoms with Gasteiger partial charge in [0.2, 0.25) is 0 Å². The lowest BCUT2D eigenvalue weighted by Crippen LogP contribution is -2.31. The van der Waals surface area contributed by atoms with E-state index in [0.29, 0.717) is 12.5 Å². The van der Waals surface area contributed by atoms with Crippen molar-refractivity contribution in [2.24, 2.45) is 10.7 Å². The number of anilines is 1. The predicted molar refractivity (Wildman–Crippen MR) is 76.5 cm³/mol. The van der Waals surface area contributed by atoms with Gasteiger partial charge >= 0.3 is 0 Å². The molecule has 1 aliphatic carbocycles. The first-order valence-corrected chi connectivity index (χ1v) is 6.55. The summed E-state index contributed by atoms with van der Waals surface area (Å²) in [5.74, 6) is 1.07. The molecular weight excluding hydrogens is 242 g/mol. The number of hydrogen-bond acceptors (Lipinski definition) is 3. The third-order valence-corrected chi connectivity index (χ3v) is 3.42. The maximum atomic E-state index is 10.2. The molecule has 0 atom stereocenters. The van der Waals surface area contributed by atoms with Crippen LogP contribution in [0.1, 0.15) is 25.7 Å². The zero-order valence-corrected chi connectivity index (χ0v) is 11.2. The number of nitrogens with zero attached hydrogens (tertiary/aromatic N) is 1. The summed E-state index contributed by atoms with van der Waals surface area (Å²) in [4.78, 5) is 4.22. The molecular formula is C14H21N3O2. The summed E-state index contributed by atoms with van der Waals surface area (Å²) in [6.07, 6.45) is 3.75. The number of rotatable bonds is 4. The van der Waals surface area contributed by atoms with Gasteiger partial charge < -0.3 is 20.9 Å². The van der Waals surface area contributed by atoms with E-state index in [4.69, 9.17) is 10.5 Å². The molecule has 0 bridgehead atoms. The summed E-state index contributed by atoms with van der Waals surface area (Å²) < 4.78 is 5.13. The first-order chi connectivity index (χ1) is 9.11. The van der Waals surface area contributed by atoms with E-state index in [1.807, 2.05) is 24.3 Å². The molecule has 4 N–H and O–H groups in total. The average Bonchev–Trinajstić information content (AvgIpc) is 2.84. The van der Waals surface area contributed by atoms with Gasteiger partial charge in [0.1, 0.15) is 5.75 Å². The molecule has 0 spiro atoms. The van der Waals surface area contributed by atoms with Crippen LogP contribution in [0.2, 0.25) is 0 Å². The Morgan fingerprint density at radius 3 is 2.89 bits per heavy atom. The van der Waals surface area contributed by atoms with Crippen LogP contribution in [0.25, 0.3) is 0 Å². The van der Waals surface area contributed by atoms with E-state index in [1.54, 1.807) is 7.11 Å². The van der Waals surface area contributed by atoms with E-state index in [2.05, 4.69) is 10.3 Å². The molecule has 1 saturated carbocycles. The Bertz CT molecular complexity index is 454. The fourth-order valence-corrected chi connectivity index (χ4v) is 2.31. The second kappa shape index (κ2) is 5.93. The quantitative estimate of drug-likeness (QED) is 0.571. The summed E-state index contributed by atoms with van der Waals surface area (Å²) in [6.45, 7) is 0.357. The lowest BCUT2D eigenvalue weighted by Gasteiger charge is -2.19. The van der Waals surface area contributed by atoms with E-state index in [9.17, 15) is 5.11 Å². The minimum absolute atomic E-state index is 0.313. The van der Waals surface area contributed by atoms with Crippen LogP contribution < -0.4 is 15.8 Å². The van der Waals surface area contributed by atoms with Crippen molar-refractivity contribution in [3.8, 4) is 5.75 Å². The summed E-state index contributed by atoms with van der Waals surface area (Å²) in [5, 5.41) is 13.2. The van der Waals surface area contributed by atoms with Crippen LogP contribution in [0.15, 0.2) is 29.3 Å². The van der Waals surface area contributed by atoms with Crippen molar-refractivity contribution in [3.63, 3.8) is 0 Å². The Balaban J connectivity index is 1.94. The predicted octanol–water partition coefficient (Wildman–Crippen LogP) is 1.73. The Hall–Kier alpha value is -1.75. The highest BCUT2D eigenvalue weighted by Crippen LogP contribution is 2.29. The van der Waals surface area contributed by atoms with Crippen molar-refractivity contribution in [2.75, 3.05) is 19.0 Å². The van der Waals surface area contributed by atoms with Crippen LogP contribution in [-0.2, 0) is 0 Å². The third kappa shape index (κ3) is 3.86. The Labute approximate surface area is 113 Å². The molecule has 0 saturated heterocycles. The molecule has 0 amide bonds. The molecule has 0 aliphatic heterocycles. The van der Waals surface area contributed by atoms with Gasteiger partial charge in [-0.25, -0.2) is 0 Å². The van der Waals surface area contributed by atoms with Gasteiger partial charge in [0.25, 0.3) is 0 Å². The van der Waals surface area contributed by atoms with Crippen molar-refractivity contribution >= 4 is 11.6 Å². The van der Waals surface area contributed by atoms with Gasteiger partial charge in [0.15, 0.2) is 5.96 Å². The molecule has 0 heterocycles. The van der Waals surface area contributed by atoms with Gasteiger partial charge in [0, 0.05) is 11.8 Å². The molecule has 5 heteroatoms. The monoisotopic (exact) mass is 263 g/mol. The highest BCUT2D eigenvalue weighted by Gasteiger charge is 2.30. The lowest BCUT2D eigenvalue weighted by molar-refractivity contribution is 0.0575. The number of aliphatic hydroxyl groups is 1. The molecule has 1 aromatic rings. The summed E-state index contributed by atoms with van der Waals surface area (Å²) >= 11 is 0. The molecule has 5 nitrogen and oxygen atoms in total. The van der Waals surface area contributed by atoms with Gasteiger partial charge in [0.05, 0.1) is 19.3 Å². The van der Waals surface area contributed by atoms with Crippen LogP contribution in [0.3, 0.4) is 0 Å². The number of nitrogens with two attached hydrogens (primary N) is 1. The van der Waals surface area contributed by atoms with Crippen LogP contribution in [-0.4, -0.2) is 30.3 Å². The smallest absolute Gasteiger partial charge is 0.193 e. The zero-order valence-electron chi connectivity index (χ0n) is 11.2. The van der Waals surface area contributed by atoms with E-state index >= 15 is 0 Å². The van der Waals surface area contributed by atoms with Gasteiger partial charge in [-0.05, 0) is 25.0 Å². The Morgan fingerprint density at radius 2 is 2.21 bits per heavy atom. The van der Waals surface area contributed by atoms with Crippen LogP contribution >= 0.6 is 0 Å². The maximum absolute atomic E-state index is 10.2. The van der Waals surface area contributed by atoms with Crippen LogP contribution in [0.5, 0.6) is 5.75 Å². The molecule has 0 unspecified atom stereocenters. The fourth-order valence-electron chi connectivity index (χ4n) is 2.31. The third-order valence-electron chi connectivity index (χ3n) is 3.42. The zero-order chi connectivity index (χ0) is 13.7. The average molecular weight is 263 g/mol. The van der Waals surface area contributed by atoms with Gasteiger partial charge in [-0.1, -0.05) is 18.9 Å². The minimum atomic E-state index is -0.666. The molecule has 19 heavy (non-hydrogen) atoms. The normalized spacial score (nSPS) is 18.3. The molecule has 104 valence electrons. The van der Waals surface area contributed by atoms with Crippen molar-refractivity contribution in [1.29, 1.82) is 0 Å². The topological polar surface area (TPSA) is 79.9 Å². The first kappa shape index (κ1) is 13.7. The number of benzene rings is 1. The molecule has 1 aromatic carbocycles. The van der Waals surface area contributed by atoms with Crippen molar-refractivity contribution in [3.05, 3.63) is 24.3 Å². The number of nitrogens with one attached hydrogen (secondary N) is 1. The standard InChI is InChI=1S/C14H21N3O2/c1-19-12-6-4-5-11(9-12)17-13(15)16-10-14(18)7-2-3-8-14/h4-6,9,18H,2-3,7-8,10H2,1H3,(H3,15,16,17). The Kier molecular flexibility index (Phi) is 4.27. The lowest BCUT2D eigenvalue weighted by atomic mass is 10.0. The highest BCUT2D eigenvalue weighted by atomic mass is 16.5. The van der Waals surface area contributed by atoms with Crippen LogP contribution in [0.4, 0.5) is 5.69 Å². The van der Waals surface area contributed by atoms with Crippen LogP contribution in [0, 0.1) is 0 Å². The first-order valence-electron chi connectivity index (χ1n) is 6.55. The summed E-state index contributed by atoms with van der Waals surface area (Å²) in [7, 11) is 1.62. The number of aliphatic imine (C=N–C) groups is 1. The number of methoxy groups -OCH3 is 1. The second-order valence-corrected chi connectivity index (χ2v) is 4.99. The highest BCUT2D eigenvalue weighted by molar-refractivity contribution is 5.92. The molecule has 0 aromatic heterocycles. The number of hydrogen-bond donors (Lipinski definition) is 3. The molecule has 1 aliphatic rings. The van der Waals surface area contributed by atoms with E-state index in [-0.39, 0.29) is 0 Å². The summed E-state index contributed by atoms with van der Waals surface area (Å²) in [5.41, 5.74) is 5.97. The van der Waals surface area contributed by atoms with Crippen molar-refractivity contribution in [1.82, 2.24) is 0 Å². The summed E-state index contributed by atoms with van der Waals surface area (Å²) in [6, 6.07) is 7.46. The largest absolute Gasteiger partial charge is 0.497 e. The number of guanidine groups is 1. The van der Waals surface area contributed by atoms with Crippen molar-refractivity contribution < 1.29 is 9.84 Å². The van der Waals surface area contributed by atoms with Gasteiger partial charge in [-0.3, -0.25) is 4.99 Å².